The fourth-order valence-electron chi connectivity index (χ4n) is 2.25. The molecule has 1 heterocycles. The second kappa shape index (κ2) is 6.19. The minimum atomic E-state index is -3.25. The Morgan fingerprint density at radius 2 is 2.14 bits per heavy atom. The summed E-state index contributed by atoms with van der Waals surface area (Å²) in [6, 6.07) is 3.88. The molecule has 1 aromatic heterocycles. The van der Waals surface area contributed by atoms with E-state index in [1.165, 1.54) is 6.42 Å². The molecule has 1 N–H and O–H groups in total. The van der Waals surface area contributed by atoms with E-state index in [9.17, 15) is 13.2 Å². The van der Waals surface area contributed by atoms with Gasteiger partial charge in [-0.25, -0.2) is 13.1 Å². The highest BCUT2D eigenvalue weighted by Gasteiger charge is 2.36. The lowest BCUT2D eigenvalue weighted by Gasteiger charge is -2.15. The van der Waals surface area contributed by atoms with Crippen molar-refractivity contribution in [3.8, 4) is 0 Å². The molecule has 0 aliphatic heterocycles. The minimum Gasteiger partial charge on any atom is -0.464 e. The lowest BCUT2D eigenvalue weighted by atomic mass is 10.3. The second-order valence-corrected chi connectivity index (χ2v) is 7.62. The second-order valence-electron chi connectivity index (χ2n) is 5.79. The number of hydrogen-bond donors (Lipinski definition) is 1. The van der Waals surface area contributed by atoms with Crippen LogP contribution in [0.1, 0.15) is 37.2 Å². The van der Waals surface area contributed by atoms with E-state index >= 15 is 0 Å². The number of hydrogen-bond acceptors (Lipinski definition) is 4. The molecule has 1 fully saturated rings. The number of sulfonamides is 1. The van der Waals surface area contributed by atoms with Crippen molar-refractivity contribution in [3.05, 3.63) is 23.7 Å². The van der Waals surface area contributed by atoms with Gasteiger partial charge in [0.15, 0.2) is 0 Å². The molecular weight excluding hydrogens is 292 g/mol. The topological polar surface area (TPSA) is 79.6 Å². The maximum atomic E-state index is 11.9. The maximum absolute atomic E-state index is 11.9. The molecule has 0 spiro atoms. The lowest BCUT2D eigenvalue weighted by molar-refractivity contribution is -0.130. The molecule has 0 saturated heterocycles. The molecule has 0 bridgehead atoms. The molecule has 1 amide bonds. The van der Waals surface area contributed by atoms with Crippen molar-refractivity contribution in [2.75, 3.05) is 19.8 Å². The van der Waals surface area contributed by atoms with E-state index in [-0.39, 0.29) is 18.9 Å². The third-order valence-corrected chi connectivity index (χ3v) is 4.41. The van der Waals surface area contributed by atoms with E-state index in [0.29, 0.717) is 18.4 Å². The number of carbonyl (C=O) groups excluding carboxylic acids is 1. The molecule has 1 aliphatic rings. The Labute approximate surface area is 125 Å². The van der Waals surface area contributed by atoms with Gasteiger partial charge >= 0.3 is 0 Å². The average Bonchev–Trinajstić information content (AvgIpc) is 2.92. The predicted molar refractivity (Wildman–Crippen MR) is 79.2 cm³/mol. The maximum Gasteiger partial charge on any atom is 0.224 e. The lowest BCUT2D eigenvalue weighted by Crippen LogP contribution is -2.31. The van der Waals surface area contributed by atoms with E-state index in [1.807, 2.05) is 12.1 Å². The summed E-state index contributed by atoms with van der Waals surface area (Å²) in [5, 5.41) is 0. The number of nitrogens with zero attached hydrogens (tertiary/aromatic N) is 1. The van der Waals surface area contributed by atoms with Crippen LogP contribution in [-0.2, 0) is 21.4 Å². The van der Waals surface area contributed by atoms with Crippen molar-refractivity contribution < 1.29 is 17.6 Å². The van der Waals surface area contributed by atoms with Crippen molar-refractivity contribution in [2.24, 2.45) is 5.92 Å². The van der Waals surface area contributed by atoms with Crippen LogP contribution in [0.5, 0.6) is 0 Å². The summed E-state index contributed by atoms with van der Waals surface area (Å²) >= 11 is 0. The fourth-order valence-corrected chi connectivity index (χ4v) is 2.73. The Morgan fingerprint density at radius 3 is 2.71 bits per heavy atom. The van der Waals surface area contributed by atoms with Gasteiger partial charge in [0.1, 0.15) is 11.5 Å². The third-order valence-electron chi connectivity index (χ3n) is 3.68. The monoisotopic (exact) mass is 314 g/mol. The summed E-state index contributed by atoms with van der Waals surface area (Å²) in [5.41, 5.74) is 0. The van der Waals surface area contributed by atoms with Crippen LogP contribution in [0, 0.1) is 5.92 Å². The minimum absolute atomic E-state index is 0.116. The van der Waals surface area contributed by atoms with Gasteiger partial charge in [0.05, 0.1) is 12.8 Å². The first-order chi connectivity index (χ1) is 9.76. The third kappa shape index (κ3) is 4.86. The van der Waals surface area contributed by atoms with E-state index in [4.69, 9.17) is 4.42 Å². The Bertz CT molecular complexity index is 608. The Kier molecular flexibility index (Phi) is 4.73. The van der Waals surface area contributed by atoms with Crippen molar-refractivity contribution in [1.29, 1.82) is 0 Å². The molecule has 2 rings (SSSR count). The van der Waals surface area contributed by atoms with Gasteiger partial charge in [0.25, 0.3) is 0 Å². The molecule has 2 atom stereocenters. The first-order valence-corrected chi connectivity index (χ1v) is 8.92. The standard InChI is InChI=1S/C14H22N2O4S/c1-10-8-12(10)13-5-4-11(20-13)9-16(2)14(17)6-7-15-21(3,18)19/h4-5,10,12,15H,6-9H2,1-3H3/t10-,12-/m1/s1. The molecule has 1 aromatic rings. The predicted octanol–water partition coefficient (Wildman–Crippen LogP) is 1.30. The van der Waals surface area contributed by atoms with Gasteiger partial charge < -0.3 is 9.32 Å². The van der Waals surface area contributed by atoms with Crippen molar-refractivity contribution in [2.45, 2.75) is 32.2 Å². The number of rotatable bonds is 7. The summed E-state index contributed by atoms with van der Waals surface area (Å²) in [4.78, 5) is 13.4. The van der Waals surface area contributed by atoms with Gasteiger partial charge in [-0.1, -0.05) is 6.92 Å². The first kappa shape index (κ1) is 16.0. The van der Waals surface area contributed by atoms with E-state index in [1.54, 1.807) is 11.9 Å². The van der Waals surface area contributed by atoms with Crippen molar-refractivity contribution >= 4 is 15.9 Å². The highest BCUT2D eigenvalue weighted by atomic mass is 32.2. The van der Waals surface area contributed by atoms with Gasteiger partial charge in [-0.3, -0.25) is 4.79 Å². The van der Waals surface area contributed by atoms with Crippen LogP contribution in [0.4, 0.5) is 0 Å². The Morgan fingerprint density at radius 1 is 1.48 bits per heavy atom. The van der Waals surface area contributed by atoms with E-state index in [0.717, 1.165) is 17.8 Å². The van der Waals surface area contributed by atoms with Crippen LogP contribution in [0.25, 0.3) is 0 Å². The van der Waals surface area contributed by atoms with Gasteiger partial charge in [-0.2, -0.15) is 0 Å². The summed E-state index contributed by atoms with van der Waals surface area (Å²) in [7, 11) is -1.56. The first-order valence-electron chi connectivity index (χ1n) is 7.03. The van der Waals surface area contributed by atoms with Crippen LogP contribution in [0.3, 0.4) is 0 Å². The molecule has 7 heteroatoms. The number of nitrogens with one attached hydrogen (secondary N) is 1. The molecule has 0 radical (unpaired) electrons. The fraction of sp³-hybridized carbons (Fsp3) is 0.643. The summed E-state index contributed by atoms with van der Waals surface area (Å²) < 4.78 is 29.9. The molecular formula is C14H22N2O4S. The Hall–Kier alpha value is -1.34. The van der Waals surface area contributed by atoms with Gasteiger partial charge in [0, 0.05) is 25.9 Å². The summed E-state index contributed by atoms with van der Waals surface area (Å²) in [5.74, 6) is 2.85. The quantitative estimate of drug-likeness (QED) is 0.822. The molecule has 0 aromatic carbocycles. The van der Waals surface area contributed by atoms with Crippen LogP contribution in [-0.4, -0.2) is 39.1 Å². The van der Waals surface area contributed by atoms with Crippen LogP contribution < -0.4 is 4.72 Å². The number of furan rings is 1. The largest absolute Gasteiger partial charge is 0.464 e. The zero-order chi connectivity index (χ0) is 15.6. The van der Waals surface area contributed by atoms with Crippen LogP contribution in [0.2, 0.25) is 0 Å². The molecule has 6 nitrogen and oxygen atoms in total. The van der Waals surface area contributed by atoms with E-state index < -0.39 is 10.0 Å². The van der Waals surface area contributed by atoms with Crippen molar-refractivity contribution in [3.63, 3.8) is 0 Å². The van der Waals surface area contributed by atoms with Crippen LogP contribution >= 0.6 is 0 Å². The van der Waals surface area contributed by atoms with Gasteiger partial charge in [-0.15, -0.1) is 0 Å². The van der Waals surface area contributed by atoms with Gasteiger partial charge in [0.2, 0.25) is 15.9 Å². The summed E-state index contributed by atoms with van der Waals surface area (Å²) in [6.45, 7) is 2.71. The number of amides is 1. The van der Waals surface area contributed by atoms with Gasteiger partial charge in [-0.05, 0) is 24.5 Å². The van der Waals surface area contributed by atoms with Crippen molar-refractivity contribution in [1.82, 2.24) is 9.62 Å². The SMILES string of the molecule is C[C@@H]1C[C@H]1c1ccc(CN(C)C(=O)CCNS(C)(=O)=O)o1. The number of carbonyl (C=O) groups is 1. The normalized spacial score (nSPS) is 21.3. The molecule has 0 unspecified atom stereocenters. The summed E-state index contributed by atoms with van der Waals surface area (Å²) in [6.07, 6.45) is 2.38. The molecule has 1 saturated carbocycles. The zero-order valence-electron chi connectivity index (χ0n) is 12.6. The zero-order valence-corrected chi connectivity index (χ0v) is 13.4. The van der Waals surface area contributed by atoms with E-state index in [2.05, 4.69) is 11.6 Å². The highest BCUT2D eigenvalue weighted by molar-refractivity contribution is 7.88. The van der Waals surface area contributed by atoms with Crippen LogP contribution in [0.15, 0.2) is 16.5 Å². The average molecular weight is 314 g/mol. The highest BCUT2D eigenvalue weighted by Crippen LogP contribution is 2.47. The molecule has 21 heavy (non-hydrogen) atoms. The smallest absolute Gasteiger partial charge is 0.224 e. The molecule has 1 aliphatic carbocycles. The molecule has 118 valence electrons. The Balaban J connectivity index is 1.79.